The summed E-state index contributed by atoms with van der Waals surface area (Å²) in [6.07, 6.45) is 3.92. The molecular formula is C22H25ClFN3O2S. The first kappa shape index (κ1) is 20.2. The van der Waals surface area contributed by atoms with Crippen LogP contribution in [0.1, 0.15) is 55.0 Å². The zero-order valence-corrected chi connectivity index (χ0v) is 18.4. The van der Waals surface area contributed by atoms with Gasteiger partial charge in [0.2, 0.25) is 5.91 Å². The molecule has 5 rings (SSSR count). The molecule has 5 nitrogen and oxygen atoms in total. The van der Waals surface area contributed by atoms with Crippen molar-refractivity contribution in [1.29, 1.82) is 0 Å². The highest BCUT2D eigenvalue weighted by Crippen LogP contribution is 2.66. The number of amides is 1. The summed E-state index contributed by atoms with van der Waals surface area (Å²) >= 11 is 11.8. The second-order valence-corrected chi connectivity index (χ2v) is 9.85. The molecular weight excluding hydrogens is 425 g/mol. The van der Waals surface area contributed by atoms with Crippen LogP contribution in [0.5, 0.6) is 0 Å². The number of carbonyl (C=O) groups is 1. The van der Waals surface area contributed by atoms with Crippen molar-refractivity contribution in [2.24, 2.45) is 7.05 Å². The van der Waals surface area contributed by atoms with E-state index in [4.69, 9.17) is 23.8 Å². The highest BCUT2D eigenvalue weighted by Gasteiger charge is 2.63. The first-order chi connectivity index (χ1) is 14.3. The number of imidazole rings is 1. The molecule has 2 fully saturated rings. The molecule has 1 aromatic heterocycles. The lowest BCUT2D eigenvalue weighted by atomic mass is 9.93. The number of aliphatic hydroxyl groups excluding tert-OH is 1. The Morgan fingerprint density at radius 3 is 2.83 bits per heavy atom. The number of halogens is 2. The van der Waals surface area contributed by atoms with E-state index < -0.39 is 0 Å². The standard InChI is InChI=1S/C22H25ClFN3O2S/c1-26-18(9-19(29)25-13-3-5-14(28)6-4-13)20-16-10-22(16,11-27(20)21(26)30)15-8-12(23)2-7-17(15)24/h2,7-8,13-14,16,28H,3-6,9-11H2,1H3,(H,25,29)/t13?,14?,16-,22+/m0/s1. The molecule has 0 bridgehead atoms. The molecule has 160 valence electrons. The summed E-state index contributed by atoms with van der Waals surface area (Å²) in [7, 11) is 1.90. The molecule has 0 unspecified atom stereocenters. The normalized spacial score (nSPS) is 29.4. The van der Waals surface area contributed by atoms with Gasteiger partial charge in [-0.25, -0.2) is 4.39 Å². The van der Waals surface area contributed by atoms with Gasteiger partial charge in [0.05, 0.1) is 12.5 Å². The van der Waals surface area contributed by atoms with Gasteiger partial charge < -0.3 is 19.6 Å². The number of benzene rings is 1. The minimum atomic E-state index is -0.309. The summed E-state index contributed by atoms with van der Waals surface area (Å²) in [4.78, 5) is 12.8. The zero-order valence-electron chi connectivity index (χ0n) is 16.8. The minimum absolute atomic E-state index is 0.0255. The van der Waals surface area contributed by atoms with Crippen LogP contribution in [0.25, 0.3) is 0 Å². The van der Waals surface area contributed by atoms with Crippen LogP contribution < -0.4 is 5.32 Å². The average Bonchev–Trinajstić information content (AvgIpc) is 3.27. The van der Waals surface area contributed by atoms with Crippen LogP contribution in [0.15, 0.2) is 18.2 Å². The first-order valence-electron chi connectivity index (χ1n) is 10.5. The van der Waals surface area contributed by atoms with E-state index in [0.717, 1.165) is 43.5 Å². The van der Waals surface area contributed by atoms with E-state index in [-0.39, 0.29) is 41.6 Å². The molecule has 2 aromatic rings. The van der Waals surface area contributed by atoms with Crippen LogP contribution in [0.4, 0.5) is 4.39 Å². The molecule has 2 atom stereocenters. The summed E-state index contributed by atoms with van der Waals surface area (Å²) in [6.45, 7) is 0.624. The van der Waals surface area contributed by atoms with Gasteiger partial charge in [-0.3, -0.25) is 4.79 Å². The summed E-state index contributed by atoms with van der Waals surface area (Å²) in [5, 5.41) is 13.3. The smallest absolute Gasteiger partial charge is 0.226 e. The molecule has 8 heteroatoms. The number of fused-ring (bicyclic) bond motifs is 3. The molecule has 2 saturated carbocycles. The predicted molar refractivity (Wildman–Crippen MR) is 115 cm³/mol. The summed E-state index contributed by atoms with van der Waals surface area (Å²) in [6, 6.07) is 4.85. The maximum absolute atomic E-state index is 14.6. The third-order valence-corrected chi connectivity index (χ3v) is 7.94. The SMILES string of the molecule is Cn1c(CC(=O)NC2CCC(O)CC2)c2n(c1=S)C[C@@]1(c3cc(Cl)ccc3F)C[C@@H]21. The van der Waals surface area contributed by atoms with Gasteiger partial charge in [-0.15, -0.1) is 0 Å². The van der Waals surface area contributed by atoms with E-state index in [1.165, 1.54) is 6.07 Å². The van der Waals surface area contributed by atoms with Gasteiger partial charge in [0, 0.05) is 47.4 Å². The van der Waals surface area contributed by atoms with Gasteiger partial charge in [-0.1, -0.05) is 11.6 Å². The number of rotatable bonds is 4. The average molecular weight is 450 g/mol. The van der Waals surface area contributed by atoms with Crippen molar-refractivity contribution in [2.45, 2.75) is 68.5 Å². The maximum atomic E-state index is 14.6. The van der Waals surface area contributed by atoms with Crippen molar-refractivity contribution in [3.8, 4) is 0 Å². The van der Waals surface area contributed by atoms with Crippen molar-refractivity contribution >= 4 is 29.7 Å². The molecule has 30 heavy (non-hydrogen) atoms. The summed E-state index contributed by atoms with van der Waals surface area (Å²) < 4.78 is 19.3. The van der Waals surface area contributed by atoms with Crippen LogP contribution >= 0.6 is 23.8 Å². The van der Waals surface area contributed by atoms with E-state index in [9.17, 15) is 14.3 Å². The summed E-state index contributed by atoms with van der Waals surface area (Å²) in [5.74, 6) is -0.106. The minimum Gasteiger partial charge on any atom is -0.393 e. The first-order valence-corrected chi connectivity index (χ1v) is 11.3. The summed E-state index contributed by atoms with van der Waals surface area (Å²) in [5.41, 5.74) is 2.32. The Labute approximate surface area is 184 Å². The van der Waals surface area contributed by atoms with Crippen molar-refractivity contribution < 1.29 is 14.3 Å². The highest BCUT2D eigenvalue weighted by molar-refractivity contribution is 7.71. The highest BCUT2D eigenvalue weighted by atomic mass is 35.5. The number of hydrogen-bond donors (Lipinski definition) is 2. The number of nitrogens with one attached hydrogen (secondary N) is 1. The molecule has 0 radical (unpaired) electrons. The van der Waals surface area contributed by atoms with Crippen LogP contribution in [0.3, 0.4) is 0 Å². The van der Waals surface area contributed by atoms with Gasteiger partial charge >= 0.3 is 0 Å². The number of hydrogen-bond acceptors (Lipinski definition) is 3. The van der Waals surface area contributed by atoms with Gasteiger partial charge in [-0.05, 0) is 68.1 Å². The maximum Gasteiger partial charge on any atom is 0.226 e. The van der Waals surface area contributed by atoms with Crippen LogP contribution in [0, 0.1) is 10.6 Å². The fourth-order valence-electron chi connectivity index (χ4n) is 5.51. The van der Waals surface area contributed by atoms with E-state index in [1.54, 1.807) is 12.1 Å². The Balaban J connectivity index is 1.39. The van der Waals surface area contributed by atoms with Crippen molar-refractivity contribution in [3.05, 3.63) is 50.8 Å². The van der Waals surface area contributed by atoms with Crippen LogP contribution in [-0.2, 0) is 30.2 Å². The lowest BCUT2D eigenvalue weighted by molar-refractivity contribution is -0.121. The Kier molecular flexibility index (Phi) is 4.84. The number of nitrogens with zero attached hydrogens (tertiary/aromatic N) is 2. The zero-order chi connectivity index (χ0) is 21.2. The van der Waals surface area contributed by atoms with Gasteiger partial charge in [0.15, 0.2) is 4.77 Å². The van der Waals surface area contributed by atoms with Crippen molar-refractivity contribution in [3.63, 3.8) is 0 Å². The monoisotopic (exact) mass is 449 g/mol. The third-order valence-electron chi connectivity index (χ3n) is 7.21. The second-order valence-electron chi connectivity index (χ2n) is 9.05. The van der Waals surface area contributed by atoms with E-state index >= 15 is 0 Å². The molecule has 1 aromatic carbocycles. The molecule has 1 aliphatic heterocycles. The van der Waals surface area contributed by atoms with Crippen LogP contribution in [0.2, 0.25) is 5.02 Å². The predicted octanol–water partition coefficient (Wildman–Crippen LogP) is 3.75. The fourth-order valence-corrected chi connectivity index (χ4v) is 5.96. The van der Waals surface area contributed by atoms with Gasteiger partial charge in [-0.2, -0.15) is 0 Å². The van der Waals surface area contributed by atoms with Crippen molar-refractivity contribution in [1.82, 2.24) is 14.5 Å². The Hall–Kier alpha value is -1.70. The van der Waals surface area contributed by atoms with E-state index in [0.29, 0.717) is 21.9 Å². The molecule has 2 aliphatic carbocycles. The molecule has 1 amide bonds. The lowest BCUT2D eigenvalue weighted by Crippen LogP contribution is -2.39. The van der Waals surface area contributed by atoms with Crippen LogP contribution in [-0.4, -0.2) is 32.3 Å². The Morgan fingerprint density at radius 2 is 2.10 bits per heavy atom. The van der Waals surface area contributed by atoms with Gasteiger partial charge in [0.1, 0.15) is 5.82 Å². The Bertz CT molecular complexity index is 1090. The van der Waals surface area contributed by atoms with E-state index in [1.807, 2.05) is 11.6 Å². The molecule has 2 heterocycles. The second kappa shape index (κ2) is 7.18. The Morgan fingerprint density at radius 1 is 1.37 bits per heavy atom. The molecule has 3 aliphatic rings. The van der Waals surface area contributed by atoms with Crippen molar-refractivity contribution in [2.75, 3.05) is 0 Å². The lowest BCUT2D eigenvalue weighted by Gasteiger charge is -2.26. The number of carbonyl (C=O) groups excluding carboxylic acids is 1. The largest absolute Gasteiger partial charge is 0.393 e. The van der Waals surface area contributed by atoms with E-state index in [2.05, 4.69) is 9.88 Å². The topological polar surface area (TPSA) is 59.2 Å². The fraction of sp³-hybridized carbons (Fsp3) is 0.545. The van der Waals surface area contributed by atoms with Gasteiger partial charge in [0.25, 0.3) is 0 Å². The number of aliphatic hydroxyl groups is 1. The molecule has 0 spiro atoms. The number of aromatic nitrogens is 2. The molecule has 0 saturated heterocycles. The quantitative estimate of drug-likeness (QED) is 0.699. The molecule has 2 N–H and O–H groups in total. The third kappa shape index (κ3) is 3.13.